The van der Waals surface area contributed by atoms with Gasteiger partial charge in [0.05, 0.1) is 0 Å². The van der Waals surface area contributed by atoms with Gasteiger partial charge in [0.1, 0.15) is 0 Å². The molecule has 0 aliphatic rings. The highest BCUT2D eigenvalue weighted by Gasteiger charge is 2.13. The van der Waals surface area contributed by atoms with Crippen LogP contribution in [0.1, 0.15) is 32.6 Å². The van der Waals surface area contributed by atoms with E-state index < -0.39 is 0 Å². The maximum atomic E-state index is 8.50. The molecule has 0 aromatic rings. The van der Waals surface area contributed by atoms with Gasteiger partial charge in [-0.05, 0) is 25.7 Å². The van der Waals surface area contributed by atoms with Gasteiger partial charge >= 0.3 is 0 Å². The summed E-state index contributed by atoms with van der Waals surface area (Å²) in [6, 6.07) is 0. The standard InChI is InChI=1S/C8H16Cl2O/c1-2-7(9)8(10)5-3-4-6-11/h7-8,11H,2-6H2,1H3. The third-order valence-corrected chi connectivity index (χ3v) is 2.93. The maximum absolute atomic E-state index is 8.50. The van der Waals surface area contributed by atoms with Crippen LogP contribution in [0.4, 0.5) is 0 Å². The van der Waals surface area contributed by atoms with Gasteiger partial charge in [-0.15, -0.1) is 23.2 Å². The van der Waals surface area contributed by atoms with E-state index in [0.29, 0.717) is 0 Å². The van der Waals surface area contributed by atoms with Crippen LogP contribution in [-0.4, -0.2) is 22.5 Å². The van der Waals surface area contributed by atoms with Crippen LogP contribution in [0.15, 0.2) is 0 Å². The van der Waals surface area contributed by atoms with Crippen molar-refractivity contribution in [1.82, 2.24) is 0 Å². The van der Waals surface area contributed by atoms with Gasteiger partial charge in [-0.1, -0.05) is 6.92 Å². The lowest BCUT2D eigenvalue weighted by molar-refractivity contribution is 0.282. The number of aliphatic hydroxyl groups is 1. The average Bonchev–Trinajstić information content (AvgIpc) is 2.03. The number of aliphatic hydroxyl groups excluding tert-OH is 1. The number of rotatable bonds is 6. The highest BCUT2D eigenvalue weighted by molar-refractivity contribution is 6.29. The van der Waals surface area contributed by atoms with Crippen LogP contribution in [0.5, 0.6) is 0 Å². The predicted octanol–water partition coefficient (Wildman–Crippen LogP) is 2.77. The zero-order valence-electron chi connectivity index (χ0n) is 6.89. The molecule has 0 aliphatic heterocycles. The van der Waals surface area contributed by atoms with Crippen molar-refractivity contribution in [3.63, 3.8) is 0 Å². The Bertz CT molecular complexity index is 88.2. The molecule has 0 spiro atoms. The Hall–Kier alpha value is 0.540. The van der Waals surface area contributed by atoms with Gasteiger partial charge < -0.3 is 5.11 Å². The molecule has 11 heavy (non-hydrogen) atoms. The van der Waals surface area contributed by atoms with Crippen LogP contribution in [-0.2, 0) is 0 Å². The van der Waals surface area contributed by atoms with Crippen LogP contribution in [0, 0.1) is 0 Å². The van der Waals surface area contributed by atoms with Gasteiger partial charge in [-0.25, -0.2) is 0 Å². The summed E-state index contributed by atoms with van der Waals surface area (Å²) >= 11 is 11.9. The summed E-state index contributed by atoms with van der Waals surface area (Å²) < 4.78 is 0. The lowest BCUT2D eigenvalue weighted by Gasteiger charge is -2.13. The Labute approximate surface area is 78.7 Å². The van der Waals surface area contributed by atoms with Crippen molar-refractivity contribution in [1.29, 1.82) is 0 Å². The smallest absolute Gasteiger partial charge is 0.0499 e. The first-order valence-corrected chi connectivity index (χ1v) is 4.98. The molecule has 3 heteroatoms. The molecule has 2 atom stereocenters. The molecule has 0 heterocycles. The minimum absolute atomic E-state index is 0.0632. The summed E-state index contributed by atoms with van der Waals surface area (Å²) in [6.45, 7) is 2.28. The zero-order chi connectivity index (χ0) is 8.69. The molecule has 0 fully saturated rings. The molecule has 0 saturated heterocycles. The number of hydrogen-bond acceptors (Lipinski definition) is 1. The second-order valence-electron chi connectivity index (χ2n) is 2.66. The normalized spacial score (nSPS) is 16.4. The van der Waals surface area contributed by atoms with Gasteiger partial charge in [0, 0.05) is 17.4 Å². The van der Waals surface area contributed by atoms with E-state index in [1.165, 1.54) is 0 Å². The Kier molecular flexibility index (Phi) is 7.56. The van der Waals surface area contributed by atoms with E-state index in [0.717, 1.165) is 25.7 Å². The molecule has 0 bridgehead atoms. The van der Waals surface area contributed by atoms with Crippen molar-refractivity contribution in [2.45, 2.75) is 43.4 Å². The quantitative estimate of drug-likeness (QED) is 0.515. The summed E-state index contributed by atoms with van der Waals surface area (Å²) in [4.78, 5) is 0. The second kappa shape index (κ2) is 7.20. The molecule has 0 aromatic carbocycles. The van der Waals surface area contributed by atoms with E-state index in [1.807, 2.05) is 6.92 Å². The summed E-state index contributed by atoms with van der Waals surface area (Å²) in [5.74, 6) is 0. The van der Waals surface area contributed by atoms with Gasteiger partial charge in [-0.3, -0.25) is 0 Å². The molecule has 0 aliphatic carbocycles. The Balaban J connectivity index is 3.28. The fraction of sp³-hybridized carbons (Fsp3) is 1.00. The highest BCUT2D eigenvalue weighted by atomic mass is 35.5. The minimum atomic E-state index is 0.0632. The fourth-order valence-electron chi connectivity index (χ4n) is 0.888. The third-order valence-electron chi connectivity index (χ3n) is 1.67. The largest absolute Gasteiger partial charge is 0.396 e. The van der Waals surface area contributed by atoms with Crippen molar-refractivity contribution < 1.29 is 5.11 Å². The first-order valence-electron chi connectivity index (χ1n) is 4.11. The predicted molar refractivity (Wildman–Crippen MR) is 50.5 cm³/mol. The monoisotopic (exact) mass is 198 g/mol. The van der Waals surface area contributed by atoms with Crippen molar-refractivity contribution in [3.8, 4) is 0 Å². The Morgan fingerprint density at radius 2 is 1.82 bits per heavy atom. The molecular formula is C8H16Cl2O. The van der Waals surface area contributed by atoms with E-state index in [4.69, 9.17) is 28.3 Å². The van der Waals surface area contributed by atoms with Crippen LogP contribution < -0.4 is 0 Å². The van der Waals surface area contributed by atoms with Crippen molar-refractivity contribution in [2.75, 3.05) is 6.61 Å². The van der Waals surface area contributed by atoms with Crippen molar-refractivity contribution in [3.05, 3.63) is 0 Å². The maximum Gasteiger partial charge on any atom is 0.0499 e. The Morgan fingerprint density at radius 3 is 2.27 bits per heavy atom. The lowest BCUT2D eigenvalue weighted by Crippen LogP contribution is -2.13. The molecule has 0 rings (SSSR count). The van der Waals surface area contributed by atoms with E-state index >= 15 is 0 Å². The second-order valence-corrected chi connectivity index (χ2v) is 3.78. The molecule has 1 N–H and O–H groups in total. The molecule has 0 saturated carbocycles. The molecule has 2 unspecified atom stereocenters. The average molecular weight is 199 g/mol. The van der Waals surface area contributed by atoms with Crippen LogP contribution in [0.2, 0.25) is 0 Å². The molecule has 1 nitrogen and oxygen atoms in total. The number of halogens is 2. The number of alkyl halides is 2. The van der Waals surface area contributed by atoms with E-state index in [1.54, 1.807) is 0 Å². The summed E-state index contributed by atoms with van der Waals surface area (Å²) in [7, 11) is 0. The number of unbranched alkanes of at least 4 members (excludes halogenated alkanes) is 1. The van der Waals surface area contributed by atoms with E-state index in [9.17, 15) is 0 Å². The summed E-state index contributed by atoms with van der Waals surface area (Å²) in [5.41, 5.74) is 0. The molecular weight excluding hydrogens is 183 g/mol. The minimum Gasteiger partial charge on any atom is -0.396 e. The van der Waals surface area contributed by atoms with Crippen LogP contribution in [0.25, 0.3) is 0 Å². The SMILES string of the molecule is CCC(Cl)C(Cl)CCCCO. The lowest BCUT2D eigenvalue weighted by atomic mass is 10.1. The van der Waals surface area contributed by atoms with Gasteiger partial charge in [0.15, 0.2) is 0 Å². The van der Waals surface area contributed by atoms with Gasteiger partial charge in [0.2, 0.25) is 0 Å². The first kappa shape index (κ1) is 11.5. The van der Waals surface area contributed by atoms with E-state index in [2.05, 4.69) is 0 Å². The third kappa shape index (κ3) is 5.77. The fourth-order valence-corrected chi connectivity index (χ4v) is 1.35. The van der Waals surface area contributed by atoms with Crippen molar-refractivity contribution in [2.24, 2.45) is 0 Å². The summed E-state index contributed by atoms with van der Waals surface area (Å²) in [6.07, 6.45) is 3.61. The highest BCUT2D eigenvalue weighted by Crippen LogP contribution is 2.18. The first-order chi connectivity index (χ1) is 5.22. The van der Waals surface area contributed by atoms with Gasteiger partial charge in [0.25, 0.3) is 0 Å². The van der Waals surface area contributed by atoms with Crippen LogP contribution >= 0.6 is 23.2 Å². The van der Waals surface area contributed by atoms with Crippen LogP contribution in [0.3, 0.4) is 0 Å². The molecule has 0 aromatic heterocycles. The molecule has 0 radical (unpaired) electrons. The number of hydrogen-bond donors (Lipinski definition) is 1. The van der Waals surface area contributed by atoms with Gasteiger partial charge in [-0.2, -0.15) is 0 Å². The van der Waals surface area contributed by atoms with E-state index in [-0.39, 0.29) is 17.4 Å². The Morgan fingerprint density at radius 1 is 1.18 bits per heavy atom. The molecule has 0 amide bonds. The molecule has 68 valence electrons. The van der Waals surface area contributed by atoms with Crippen molar-refractivity contribution >= 4 is 23.2 Å². The topological polar surface area (TPSA) is 20.2 Å². The zero-order valence-corrected chi connectivity index (χ0v) is 8.41. The summed E-state index contributed by atoms with van der Waals surface area (Å²) in [5, 5.41) is 8.64.